The molecule has 0 bridgehead atoms. The zero-order valence-corrected chi connectivity index (χ0v) is 40.0. The summed E-state index contributed by atoms with van der Waals surface area (Å²) in [5.74, 6) is 0.229. The third kappa shape index (κ3) is 12.9. The number of carbonyl (C=O) groups excluding carboxylic acids is 6. The molecule has 4 heterocycles. The van der Waals surface area contributed by atoms with Gasteiger partial charge in [0, 0.05) is 32.2 Å². The topological polar surface area (TPSA) is 224 Å². The fourth-order valence-corrected chi connectivity index (χ4v) is 12.1. The molecule has 0 saturated carbocycles. The van der Waals surface area contributed by atoms with Crippen LogP contribution in [0, 0.1) is 16.4 Å². The monoisotopic (exact) mass is 927 g/mol. The van der Waals surface area contributed by atoms with E-state index in [0.29, 0.717) is 55.9 Å². The number of ketones is 1. The number of ether oxygens (including phenoxy) is 2. The molecule has 5 rings (SSSR count). The average Bonchev–Trinajstić information content (AvgIpc) is 3.59. The van der Waals surface area contributed by atoms with Crippen molar-refractivity contribution in [1.82, 2.24) is 36.4 Å². The molecular formula is C45H69N9O8S2. The van der Waals surface area contributed by atoms with Gasteiger partial charge in [0.05, 0.1) is 48.7 Å². The van der Waals surface area contributed by atoms with Gasteiger partial charge in [-0.25, -0.2) is 5.53 Å². The molecule has 8 atom stereocenters. The van der Waals surface area contributed by atoms with E-state index in [1.54, 1.807) is 60.4 Å². The number of hydrogen-bond acceptors (Lipinski definition) is 14. The first kappa shape index (κ1) is 51.0. The van der Waals surface area contributed by atoms with Crippen LogP contribution < -0.4 is 26.6 Å². The molecule has 1 aromatic carbocycles. The summed E-state index contributed by atoms with van der Waals surface area (Å²) in [6.07, 6.45) is 4.87. The van der Waals surface area contributed by atoms with E-state index in [-0.39, 0.29) is 85.3 Å². The number of fused-ring (bicyclic) bond motifs is 2. The predicted molar refractivity (Wildman–Crippen MR) is 247 cm³/mol. The number of hydrogen-bond donors (Lipinski definition) is 6. The summed E-state index contributed by atoms with van der Waals surface area (Å²) in [6, 6.07) is 5.90. The molecule has 17 nitrogen and oxygen atoms in total. The van der Waals surface area contributed by atoms with Crippen LogP contribution in [0.5, 0.6) is 0 Å². The van der Waals surface area contributed by atoms with E-state index in [4.69, 9.17) is 15.0 Å². The molecule has 5 amide bonds. The van der Waals surface area contributed by atoms with Crippen molar-refractivity contribution in [3.63, 3.8) is 0 Å². The molecule has 4 fully saturated rings. The van der Waals surface area contributed by atoms with Crippen molar-refractivity contribution in [2.75, 3.05) is 51.5 Å². The lowest BCUT2D eigenvalue weighted by Crippen LogP contribution is -2.57. The summed E-state index contributed by atoms with van der Waals surface area (Å²) in [4.78, 5) is 84.0. The van der Waals surface area contributed by atoms with Gasteiger partial charge in [-0.3, -0.25) is 28.8 Å². The largest absolute Gasteiger partial charge is 0.387 e. The number of carbonyl (C=O) groups is 6. The Hall–Kier alpha value is -4.04. The van der Waals surface area contributed by atoms with Crippen LogP contribution in [0.2, 0.25) is 0 Å². The first-order chi connectivity index (χ1) is 30.5. The third-order valence-corrected chi connectivity index (χ3v) is 15.0. The molecule has 4 aliphatic heterocycles. The molecule has 6 N–H and O–H groups in total. The van der Waals surface area contributed by atoms with E-state index in [0.717, 1.165) is 5.56 Å². The molecular weight excluding hydrogens is 859 g/mol. The van der Waals surface area contributed by atoms with Crippen molar-refractivity contribution in [3.05, 3.63) is 47.8 Å². The molecule has 0 aliphatic carbocycles. The van der Waals surface area contributed by atoms with Crippen molar-refractivity contribution in [1.29, 1.82) is 5.53 Å². The summed E-state index contributed by atoms with van der Waals surface area (Å²) < 4.78 is 11.8. The SMILES string of the molecule is CCC(=O)N[C@H]1CCSC2CC(C)(C)[C@@H](C(=O)N[C@H](COCCN/C=C(/COCCCC(=O)[C@H]3N4C(=O)[C@@H](NC(=O)[C@H](C)NC)CCSC4CC3(C)C)N=N)c3ccccc3)N2C1=O. The van der Waals surface area contributed by atoms with E-state index < -0.39 is 47.1 Å². The molecule has 0 aromatic heterocycles. The molecule has 4 aliphatic rings. The molecule has 354 valence electrons. The maximum Gasteiger partial charge on any atom is 0.246 e. The minimum absolute atomic E-state index is 0.0350. The van der Waals surface area contributed by atoms with Gasteiger partial charge in [-0.2, -0.15) is 5.11 Å². The molecule has 1 aromatic rings. The number of nitrogens with zero attached hydrogens (tertiary/aromatic N) is 3. The first-order valence-electron chi connectivity index (χ1n) is 22.5. The summed E-state index contributed by atoms with van der Waals surface area (Å²) in [5, 5.41) is 18.2. The zero-order valence-electron chi connectivity index (χ0n) is 38.4. The molecule has 4 saturated heterocycles. The summed E-state index contributed by atoms with van der Waals surface area (Å²) in [6.45, 7) is 12.7. The number of benzene rings is 1. The van der Waals surface area contributed by atoms with E-state index in [1.165, 1.54) is 0 Å². The van der Waals surface area contributed by atoms with Crippen molar-refractivity contribution in [2.45, 2.75) is 133 Å². The Kier molecular flexibility index (Phi) is 18.6. The summed E-state index contributed by atoms with van der Waals surface area (Å²) >= 11 is 3.32. The van der Waals surface area contributed by atoms with Crippen LogP contribution in [0.4, 0.5) is 0 Å². The second-order valence-corrected chi connectivity index (χ2v) is 20.9. The van der Waals surface area contributed by atoms with Crippen molar-refractivity contribution in [2.24, 2.45) is 15.9 Å². The van der Waals surface area contributed by atoms with Gasteiger partial charge in [0.1, 0.15) is 23.8 Å². The van der Waals surface area contributed by atoms with Gasteiger partial charge < -0.3 is 45.9 Å². The highest BCUT2D eigenvalue weighted by molar-refractivity contribution is 8.00. The van der Waals surface area contributed by atoms with Gasteiger partial charge in [0.25, 0.3) is 0 Å². The van der Waals surface area contributed by atoms with E-state index in [1.807, 2.05) is 58.0 Å². The molecule has 64 heavy (non-hydrogen) atoms. The smallest absolute Gasteiger partial charge is 0.246 e. The number of rotatable bonds is 22. The number of amides is 5. The highest BCUT2D eigenvalue weighted by Crippen LogP contribution is 2.48. The van der Waals surface area contributed by atoms with Crippen LogP contribution in [0.3, 0.4) is 0 Å². The fourth-order valence-electron chi connectivity index (χ4n) is 8.98. The van der Waals surface area contributed by atoms with Gasteiger partial charge in [0.2, 0.25) is 29.5 Å². The van der Waals surface area contributed by atoms with Crippen LogP contribution >= 0.6 is 23.5 Å². The van der Waals surface area contributed by atoms with Crippen LogP contribution in [-0.2, 0) is 38.2 Å². The lowest BCUT2D eigenvalue weighted by Gasteiger charge is -2.35. The van der Waals surface area contributed by atoms with Gasteiger partial charge in [-0.15, -0.1) is 23.5 Å². The van der Waals surface area contributed by atoms with Gasteiger partial charge in [0.15, 0.2) is 5.78 Å². The molecule has 0 radical (unpaired) electrons. The zero-order chi connectivity index (χ0) is 46.6. The first-order valence-corrected chi connectivity index (χ1v) is 24.6. The van der Waals surface area contributed by atoms with Crippen molar-refractivity contribution in [3.8, 4) is 0 Å². The fraction of sp³-hybridized carbons (Fsp3) is 0.689. The predicted octanol–water partition coefficient (Wildman–Crippen LogP) is 3.86. The Bertz CT molecular complexity index is 1850. The summed E-state index contributed by atoms with van der Waals surface area (Å²) in [5.41, 5.74) is 7.92. The second-order valence-electron chi connectivity index (χ2n) is 18.3. The minimum Gasteiger partial charge on any atom is -0.387 e. The number of likely N-dealkylation sites (N-methyl/N-ethyl adjacent to an activating group) is 1. The molecule has 19 heteroatoms. The standard InChI is InChI=1S/C45H69N9O8S2/c1-8-35(56)49-31-16-21-64-37-24-45(5,6)39(54(37)42(31)59)41(58)51-33(29-13-10-9-11-14-29)27-62-20-18-48-25-30(52-46)26-61-19-12-15-34(55)38-44(3,4)23-36-53(38)43(60)32(17-22-63-36)50-40(57)28(2)47-7/h9-11,13-14,25,28,31-33,36-39,46-48H,8,12,15-24,26-27H2,1-7H3,(H,49,56)(H,50,57)(H,51,58)/b30-25-,52-46?/t28-,31-,32-,33+,36?,37?,38+,39+/m0/s1. The van der Waals surface area contributed by atoms with Crippen LogP contribution in [-0.4, -0.2) is 138 Å². The highest BCUT2D eigenvalue weighted by Gasteiger charge is 2.55. The number of nitrogens with one attached hydrogen (secondary N) is 6. The summed E-state index contributed by atoms with van der Waals surface area (Å²) in [7, 11) is 1.69. The second kappa shape index (κ2) is 23.4. The lowest BCUT2D eigenvalue weighted by atomic mass is 9.81. The van der Waals surface area contributed by atoms with Crippen LogP contribution in [0.1, 0.15) is 98.1 Å². The van der Waals surface area contributed by atoms with E-state index >= 15 is 0 Å². The van der Waals surface area contributed by atoms with Gasteiger partial charge in [-0.1, -0.05) is 65.0 Å². The normalized spacial score (nSPS) is 26.1. The highest BCUT2D eigenvalue weighted by atomic mass is 32.2. The third-order valence-electron chi connectivity index (χ3n) is 12.5. The Labute approximate surface area is 386 Å². The van der Waals surface area contributed by atoms with Gasteiger partial charge in [-0.05, 0) is 74.0 Å². The van der Waals surface area contributed by atoms with Crippen molar-refractivity contribution < 1.29 is 38.2 Å². The van der Waals surface area contributed by atoms with E-state index in [2.05, 4.69) is 31.7 Å². The molecule has 0 spiro atoms. The Morgan fingerprint density at radius 3 is 2.12 bits per heavy atom. The van der Waals surface area contributed by atoms with E-state index in [9.17, 15) is 28.8 Å². The Balaban J connectivity index is 1.08. The van der Waals surface area contributed by atoms with Crippen molar-refractivity contribution >= 4 is 58.8 Å². The lowest BCUT2D eigenvalue weighted by molar-refractivity contribution is -0.144. The molecule has 2 unspecified atom stereocenters. The van der Waals surface area contributed by atoms with Crippen LogP contribution in [0.25, 0.3) is 0 Å². The van der Waals surface area contributed by atoms with Crippen LogP contribution in [0.15, 0.2) is 47.3 Å². The quantitative estimate of drug-likeness (QED) is 0.0721. The minimum atomic E-state index is -0.733. The maximum atomic E-state index is 14.2. The number of thioether (sulfide) groups is 2. The Morgan fingerprint density at radius 1 is 0.906 bits per heavy atom. The number of Topliss-reactive ketones (excluding diaryl/α,β-unsaturated/α-hetero) is 1. The average molecular weight is 928 g/mol. The Morgan fingerprint density at radius 2 is 1.52 bits per heavy atom. The van der Waals surface area contributed by atoms with Gasteiger partial charge >= 0.3 is 0 Å². The maximum absolute atomic E-state index is 14.2.